The molecule has 0 saturated carbocycles. The third-order valence-corrected chi connectivity index (χ3v) is 3.25. The van der Waals surface area contributed by atoms with Crippen LogP contribution in [0.4, 0.5) is 5.69 Å². The fraction of sp³-hybridized carbons (Fsp3) is 0.417. The third kappa shape index (κ3) is 1.76. The van der Waals surface area contributed by atoms with Gasteiger partial charge < -0.3 is 9.64 Å². The summed E-state index contributed by atoms with van der Waals surface area (Å²) in [7, 11) is 1.76. The Hall–Kier alpha value is -1.22. The van der Waals surface area contributed by atoms with Crippen molar-refractivity contribution in [2.75, 3.05) is 18.6 Å². The number of benzene rings is 1. The fourth-order valence-electron chi connectivity index (χ4n) is 1.76. The van der Waals surface area contributed by atoms with Gasteiger partial charge in [-0.3, -0.25) is 4.79 Å². The van der Waals surface area contributed by atoms with Gasteiger partial charge >= 0.3 is 0 Å². The van der Waals surface area contributed by atoms with E-state index in [0.717, 1.165) is 11.3 Å². The molecule has 1 heterocycles. The predicted molar refractivity (Wildman–Crippen MR) is 64.3 cm³/mol. The zero-order valence-electron chi connectivity index (χ0n) is 9.58. The van der Waals surface area contributed by atoms with Gasteiger partial charge in [0.25, 0.3) is 0 Å². The highest BCUT2D eigenvalue weighted by Crippen LogP contribution is 2.36. The molecular formula is C12H14ClNO2. The first-order valence-electron chi connectivity index (χ1n) is 5.21. The molecule has 0 aliphatic carbocycles. The van der Waals surface area contributed by atoms with Crippen molar-refractivity contribution in [2.24, 2.45) is 5.92 Å². The number of carbonyl (C=O) groups excluding carboxylic acids is 1. The summed E-state index contributed by atoms with van der Waals surface area (Å²) in [4.78, 5) is 13.6. The summed E-state index contributed by atoms with van der Waals surface area (Å²) in [6, 6.07) is 3.65. The minimum atomic E-state index is -0.128. The van der Waals surface area contributed by atoms with Crippen LogP contribution in [0.1, 0.15) is 12.5 Å². The molecule has 0 fully saturated rings. The number of aryl methyl sites for hydroxylation is 1. The summed E-state index contributed by atoms with van der Waals surface area (Å²) in [5, 5.41) is 0.661. The Morgan fingerprint density at radius 3 is 2.88 bits per heavy atom. The van der Waals surface area contributed by atoms with Crippen LogP contribution < -0.4 is 9.64 Å². The first-order valence-corrected chi connectivity index (χ1v) is 5.59. The van der Waals surface area contributed by atoms with Gasteiger partial charge in [-0.05, 0) is 18.6 Å². The van der Waals surface area contributed by atoms with Crippen molar-refractivity contribution in [3.8, 4) is 5.75 Å². The van der Waals surface area contributed by atoms with E-state index in [1.54, 1.807) is 18.0 Å². The average molecular weight is 240 g/mol. The van der Waals surface area contributed by atoms with Gasteiger partial charge in [0.15, 0.2) is 0 Å². The van der Waals surface area contributed by atoms with Gasteiger partial charge in [0.1, 0.15) is 5.75 Å². The first kappa shape index (κ1) is 11.3. The lowest BCUT2D eigenvalue weighted by Gasteiger charge is -2.18. The molecule has 0 spiro atoms. The largest absolute Gasteiger partial charge is 0.491 e. The Morgan fingerprint density at radius 2 is 2.19 bits per heavy atom. The number of halogens is 1. The molecule has 4 heteroatoms. The Bertz CT molecular complexity index is 445. The molecule has 0 N–H and O–H groups in total. The number of rotatable bonds is 0. The summed E-state index contributed by atoms with van der Waals surface area (Å²) in [5.74, 6) is 0.618. The monoisotopic (exact) mass is 239 g/mol. The van der Waals surface area contributed by atoms with E-state index >= 15 is 0 Å². The Labute approximate surface area is 100.0 Å². The first-order chi connectivity index (χ1) is 7.50. The van der Waals surface area contributed by atoms with E-state index in [1.807, 2.05) is 19.9 Å². The predicted octanol–water partition coefficient (Wildman–Crippen LogP) is 2.64. The van der Waals surface area contributed by atoms with Crippen molar-refractivity contribution >= 4 is 23.2 Å². The van der Waals surface area contributed by atoms with Crippen molar-refractivity contribution in [3.05, 3.63) is 22.7 Å². The van der Waals surface area contributed by atoms with Crippen LogP contribution in [0, 0.1) is 12.8 Å². The number of nitrogens with zero attached hydrogens (tertiary/aromatic N) is 1. The van der Waals surface area contributed by atoms with Gasteiger partial charge in [0, 0.05) is 18.1 Å². The normalized spacial score (nSPS) is 20.1. The molecule has 3 nitrogen and oxygen atoms in total. The van der Waals surface area contributed by atoms with E-state index in [2.05, 4.69) is 0 Å². The molecule has 1 aromatic rings. The molecular weight excluding hydrogens is 226 g/mol. The second-order valence-corrected chi connectivity index (χ2v) is 4.59. The number of hydrogen-bond donors (Lipinski definition) is 0. The van der Waals surface area contributed by atoms with Crippen LogP contribution in [0.25, 0.3) is 0 Å². The molecule has 0 saturated heterocycles. The van der Waals surface area contributed by atoms with E-state index < -0.39 is 0 Å². The minimum Gasteiger partial charge on any atom is -0.491 e. The number of amides is 1. The van der Waals surface area contributed by atoms with Gasteiger partial charge in [-0.2, -0.15) is 0 Å². The Balaban J connectivity index is 2.53. The van der Waals surface area contributed by atoms with Crippen molar-refractivity contribution < 1.29 is 9.53 Å². The quantitative estimate of drug-likeness (QED) is 0.697. The minimum absolute atomic E-state index is 0.0699. The molecule has 0 radical (unpaired) electrons. The lowest BCUT2D eigenvalue weighted by molar-refractivity contribution is -0.122. The van der Waals surface area contributed by atoms with Crippen LogP contribution in [0.15, 0.2) is 12.1 Å². The molecule has 1 aliphatic rings. The molecule has 1 unspecified atom stereocenters. The lowest BCUT2D eigenvalue weighted by atomic mass is 10.1. The molecule has 86 valence electrons. The highest BCUT2D eigenvalue weighted by molar-refractivity contribution is 6.31. The van der Waals surface area contributed by atoms with E-state index in [4.69, 9.17) is 16.3 Å². The summed E-state index contributed by atoms with van der Waals surface area (Å²) in [5.41, 5.74) is 1.73. The highest BCUT2D eigenvalue weighted by Gasteiger charge is 2.26. The number of hydrogen-bond acceptors (Lipinski definition) is 2. The lowest BCUT2D eigenvalue weighted by Crippen LogP contribution is -2.31. The molecule has 2 rings (SSSR count). The van der Waals surface area contributed by atoms with Crippen LogP contribution in [0.3, 0.4) is 0 Å². The van der Waals surface area contributed by atoms with Crippen LogP contribution in [-0.2, 0) is 4.79 Å². The zero-order valence-corrected chi connectivity index (χ0v) is 10.3. The van der Waals surface area contributed by atoms with E-state index in [0.29, 0.717) is 17.4 Å². The number of anilines is 1. The maximum Gasteiger partial charge on any atom is 0.233 e. The van der Waals surface area contributed by atoms with Crippen molar-refractivity contribution in [1.82, 2.24) is 0 Å². The van der Waals surface area contributed by atoms with Gasteiger partial charge in [0.2, 0.25) is 5.91 Å². The second-order valence-electron chi connectivity index (χ2n) is 4.18. The average Bonchev–Trinajstić information content (AvgIpc) is 2.35. The van der Waals surface area contributed by atoms with Crippen LogP contribution >= 0.6 is 11.6 Å². The summed E-state index contributed by atoms with van der Waals surface area (Å²) in [6.45, 7) is 4.17. The Morgan fingerprint density at radius 1 is 1.50 bits per heavy atom. The maximum atomic E-state index is 11.9. The highest BCUT2D eigenvalue weighted by atomic mass is 35.5. The second kappa shape index (κ2) is 3.98. The number of carbonyl (C=O) groups is 1. The standard InChI is InChI=1S/C12H14ClNO2/c1-7-4-10-11(5-9(7)13)16-6-8(2)12(15)14(10)3/h4-5,8H,6H2,1-3H3. The molecule has 1 aromatic carbocycles. The van der Waals surface area contributed by atoms with E-state index in [-0.39, 0.29) is 11.8 Å². The molecule has 0 aromatic heterocycles. The maximum absolute atomic E-state index is 11.9. The summed E-state index contributed by atoms with van der Waals surface area (Å²) < 4.78 is 5.59. The van der Waals surface area contributed by atoms with Crippen LogP contribution in [0.5, 0.6) is 5.75 Å². The van der Waals surface area contributed by atoms with Crippen LogP contribution in [0.2, 0.25) is 5.02 Å². The van der Waals surface area contributed by atoms with Crippen LogP contribution in [-0.4, -0.2) is 19.6 Å². The third-order valence-electron chi connectivity index (χ3n) is 2.84. The van der Waals surface area contributed by atoms with Crippen molar-refractivity contribution in [1.29, 1.82) is 0 Å². The number of ether oxygens (including phenoxy) is 1. The Kier molecular flexibility index (Phi) is 2.80. The molecule has 16 heavy (non-hydrogen) atoms. The number of fused-ring (bicyclic) bond motifs is 1. The summed E-state index contributed by atoms with van der Waals surface area (Å²) >= 11 is 6.04. The topological polar surface area (TPSA) is 29.5 Å². The van der Waals surface area contributed by atoms with E-state index in [1.165, 1.54) is 0 Å². The van der Waals surface area contributed by atoms with Gasteiger partial charge in [-0.1, -0.05) is 18.5 Å². The SMILES string of the molecule is Cc1cc2c(cc1Cl)OCC(C)C(=O)N2C. The van der Waals surface area contributed by atoms with Crippen molar-refractivity contribution in [2.45, 2.75) is 13.8 Å². The molecule has 1 atom stereocenters. The summed E-state index contributed by atoms with van der Waals surface area (Å²) in [6.07, 6.45) is 0. The fourth-order valence-corrected chi connectivity index (χ4v) is 1.91. The van der Waals surface area contributed by atoms with Gasteiger partial charge in [-0.25, -0.2) is 0 Å². The zero-order chi connectivity index (χ0) is 11.9. The molecule has 1 aliphatic heterocycles. The smallest absolute Gasteiger partial charge is 0.233 e. The van der Waals surface area contributed by atoms with Gasteiger partial charge in [0.05, 0.1) is 18.2 Å². The van der Waals surface area contributed by atoms with E-state index in [9.17, 15) is 4.79 Å². The van der Waals surface area contributed by atoms with Gasteiger partial charge in [-0.15, -0.1) is 0 Å². The molecule has 0 bridgehead atoms. The molecule has 1 amide bonds. The van der Waals surface area contributed by atoms with Crippen molar-refractivity contribution in [3.63, 3.8) is 0 Å².